The molecule has 1 aliphatic heterocycles. The molecule has 1 aromatic carbocycles. The zero-order valence-corrected chi connectivity index (χ0v) is 17.6. The predicted molar refractivity (Wildman–Crippen MR) is 115 cm³/mol. The van der Waals surface area contributed by atoms with Crippen molar-refractivity contribution in [3.05, 3.63) is 34.4 Å². The minimum Gasteiger partial charge on any atom is -0.383 e. The van der Waals surface area contributed by atoms with Gasteiger partial charge in [0.15, 0.2) is 5.96 Å². The number of hydrogen-bond donors (Lipinski definition) is 2. The van der Waals surface area contributed by atoms with E-state index in [4.69, 9.17) is 4.74 Å². The van der Waals surface area contributed by atoms with Crippen molar-refractivity contribution in [3.8, 4) is 0 Å². The first kappa shape index (κ1) is 22.4. The highest BCUT2D eigenvalue weighted by Gasteiger charge is 2.21. The number of nitro benzene ring substituents is 1. The van der Waals surface area contributed by atoms with Gasteiger partial charge in [0.05, 0.1) is 11.0 Å². The molecular weight excluding hydrogens is 449 g/mol. The Bertz CT molecular complexity index is 574. The predicted octanol–water partition coefficient (Wildman–Crippen LogP) is 2.70. The molecule has 0 aromatic heterocycles. The molecular formula is C17H28IN5O3. The Morgan fingerprint density at radius 3 is 2.50 bits per heavy atom. The lowest BCUT2D eigenvalue weighted by Crippen LogP contribution is -2.47. The van der Waals surface area contributed by atoms with Gasteiger partial charge in [0, 0.05) is 57.7 Å². The fraction of sp³-hybridized carbons (Fsp3) is 0.588. The second-order valence-corrected chi connectivity index (χ2v) is 5.85. The van der Waals surface area contributed by atoms with Crippen LogP contribution in [-0.2, 0) is 4.74 Å². The van der Waals surface area contributed by atoms with Crippen LogP contribution in [0.4, 0.5) is 11.4 Å². The number of ether oxygens (including phenoxy) is 1. The summed E-state index contributed by atoms with van der Waals surface area (Å²) in [6, 6.07) is 6.42. The lowest BCUT2D eigenvalue weighted by molar-refractivity contribution is -0.384. The Morgan fingerprint density at radius 1 is 1.31 bits per heavy atom. The van der Waals surface area contributed by atoms with Crippen LogP contribution < -0.4 is 10.6 Å². The molecule has 1 aliphatic rings. The highest BCUT2D eigenvalue weighted by Crippen LogP contribution is 2.15. The van der Waals surface area contributed by atoms with E-state index >= 15 is 0 Å². The number of nitrogens with zero attached hydrogens (tertiary/aromatic N) is 3. The molecule has 1 fully saturated rings. The fourth-order valence-corrected chi connectivity index (χ4v) is 2.88. The third-order valence-corrected chi connectivity index (χ3v) is 4.17. The fourth-order valence-electron chi connectivity index (χ4n) is 2.88. The molecule has 1 aromatic rings. The van der Waals surface area contributed by atoms with E-state index in [0.717, 1.165) is 50.7 Å². The number of aliphatic imine (C=N–C) groups is 1. The smallest absolute Gasteiger partial charge is 0.269 e. The highest BCUT2D eigenvalue weighted by molar-refractivity contribution is 14.0. The average molecular weight is 477 g/mol. The number of benzene rings is 1. The number of hydrogen-bond acceptors (Lipinski definition) is 5. The number of non-ortho nitro benzene ring substituents is 1. The van der Waals surface area contributed by atoms with E-state index in [9.17, 15) is 10.1 Å². The van der Waals surface area contributed by atoms with Gasteiger partial charge < -0.3 is 20.3 Å². The molecule has 0 amide bonds. The number of nitro groups is 1. The first-order chi connectivity index (χ1) is 12.1. The maximum absolute atomic E-state index is 10.6. The van der Waals surface area contributed by atoms with Crippen LogP contribution in [0.15, 0.2) is 29.3 Å². The summed E-state index contributed by atoms with van der Waals surface area (Å²) in [5.74, 6) is 0.903. The molecule has 146 valence electrons. The van der Waals surface area contributed by atoms with E-state index in [1.807, 2.05) is 6.92 Å². The van der Waals surface area contributed by atoms with Gasteiger partial charge in [0.25, 0.3) is 5.69 Å². The number of anilines is 1. The average Bonchev–Trinajstić information content (AvgIpc) is 2.63. The van der Waals surface area contributed by atoms with E-state index in [2.05, 4.69) is 20.5 Å². The largest absolute Gasteiger partial charge is 0.383 e. The number of likely N-dealkylation sites (tertiary alicyclic amines) is 1. The zero-order chi connectivity index (χ0) is 18.1. The standard InChI is InChI=1S/C17H27N5O3.HI/c1-3-25-16-8-12-21(13-9-16)17(18-2)20-11-10-19-14-4-6-15(7-5-14)22(23)24;/h4-7,16,19H,3,8-13H2,1-2H3,(H,18,20);1H. The maximum Gasteiger partial charge on any atom is 0.269 e. The van der Waals surface area contributed by atoms with Crippen molar-refractivity contribution >= 4 is 41.3 Å². The van der Waals surface area contributed by atoms with E-state index in [1.54, 1.807) is 19.2 Å². The SMILES string of the molecule is CCOC1CCN(C(=NC)NCCNc2ccc([N+](=O)[O-])cc2)CC1.I. The highest BCUT2D eigenvalue weighted by atomic mass is 127. The molecule has 2 rings (SSSR count). The molecule has 2 N–H and O–H groups in total. The molecule has 0 bridgehead atoms. The van der Waals surface area contributed by atoms with Gasteiger partial charge in [0.2, 0.25) is 0 Å². The lowest BCUT2D eigenvalue weighted by atomic mass is 10.1. The molecule has 0 atom stereocenters. The summed E-state index contributed by atoms with van der Waals surface area (Å²) in [7, 11) is 1.79. The van der Waals surface area contributed by atoms with E-state index < -0.39 is 4.92 Å². The van der Waals surface area contributed by atoms with Crippen LogP contribution in [0.2, 0.25) is 0 Å². The van der Waals surface area contributed by atoms with Gasteiger partial charge in [-0.3, -0.25) is 15.1 Å². The maximum atomic E-state index is 10.6. The third-order valence-electron chi connectivity index (χ3n) is 4.17. The van der Waals surface area contributed by atoms with Crippen molar-refractivity contribution in [1.82, 2.24) is 10.2 Å². The second kappa shape index (κ2) is 11.9. The Kier molecular flexibility index (Phi) is 10.3. The normalized spacial score (nSPS) is 15.3. The summed E-state index contributed by atoms with van der Waals surface area (Å²) in [5, 5.41) is 17.2. The van der Waals surface area contributed by atoms with Crippen LogP contribution >= 0.6 is 24.0 Å². The number of halogens is 1. The number of rotatable bonds is 7. The van der Waals surface area contributed by atoms with Gasteiger partial charge in [-0.15, -0.1) is 24.0 Å². The summed E-state index contributed by atoms with van der Waals surface area (Å²) in [6.07, 6.45) is 2.41. The lowest BCUT2D eigenvalue weighted by Gasteiger charge is -2.34. The topological polar surface area (TPSA) is 92.0 Å². The molecule has 8 nitrogen and oxygen atoms in total. The van der Waals surface area contributed by atoms with E-state index in [-0.39, 0.29) is 29.7 Å². The van der Waals surface area contributed by atoms with Crippen molar-refractivity contribution in [1.29, 1.82) is 0 Å². The van der Waals surface area contributed by atoms with Crippen molar-refractivity contribution in [2.24, 2.45) is 4.99 Å². The molecule has 0 spiro atoms. The number of nitrogens with one attached hydrogen (secondary N) is 2. The minimum atomic E-state index is -0.399. The first-order valence-corrected chi connectivity index (χ1v) is 8.69. The molecule has 0 unspecified atom stereocenters. The summed E-state index contributed by atoms with van der Waals surface area (Å²) >= 11 is 0. The molecule has 0 aliphatic carbocycles. The molecule has 1 saturated heterocycles. The zero-order valence-electron chi connectivity index (χ0n) is 15.3. The van der Waals surface area contributed by atoms with Crippen LogP contribution in [0, 0.1) is 10.1 Å². The summed E-state index contributed by atoms with van der Waals surface area (Å²) in [5.41, 5.74) is 0.958. The van der Waals surface area contributed by atoms with Gasteiger partial charge in [-0.05, 0) is 31.9 Å². The summed E-state index contributed by atoms with van der Waals surface area (Å²) in [6.45, 7) is 6.11. The summed E-state index contributed by atoms with van der Waals surface area (Å²) in [4.78, 5) is 16.8. The monoisotopic (exact) mass is 477 g/mol. The van der Waals surface area contributed by atoms with Crippen LogP contribution in [0.25, 0.3) is 0 Å². The number of guanidine groups is 1. The molecule has 1 heterocycles. The first-order valence-electron chi connectivity index (χ1n) is 8.69. The van der Waals surface area contributed by atoms with Crippen molar-refractivity contribution in [2.45, 2.75) is 25.9 Å². The van der Waals surface area contributed by atoms with Crippen molar-refractivity contribution in [3.63, 3.8) is 0 Å². The molecule has 0 radical (unpaired) electrons. The molecule has 26 heavy (non-hydrogen) atoms. The Balaban J connectivity index is 0.00000338. The number of piperidine rings is 1. The van der Waals surface area contributed by atoms with Crippen LogP contribution in [0.3, 0.4) is 0 Å². The Hall–Kier alpha value is -1.62. The molecule has 9 heteroatoms. The van der Waals surface area contributed by atoms with Crippen molar-refractivity contribution in [2.75, 3.05) is 45.2 Å². The van der Waals surface area contributed by atoms with Crippen molar-refractivity contribution < 1.29 is 9.66 Å². The Labute approximate surface area is 171 Å². The third kappa shape index (κ3) is 6.94. The van der Waals surface area contributed by atoms with Crippen LogP contribution in [0.1, 0.15) is 19.8 Å². The minimum absolute atomic E-state index is 0. The van der Waals surface area contributed by atoms with E-state index in [1.165, 1.54) is 12.1 Å². The van der Waals surface area contributed by atoms with Gasteiger partial charge in [0.1, 0.15) is 0 Å². The quantitative estimate of drug-likeness (QED) is 0.157. The van der Waals surface area contributed by atoms with Gasteiger partial charge in [-0.1, -0.05) is 0 Å². The van der Waals surface area contributed by atoms with Gasteiger partial charge in [-0.2, -0.15) is 0 Å². The van der Waals surface area contributed by atoms with Crippen LogP contribution in [-0.4, -0.2) is 61.7 Å². The van der Waals surface area contributed by atoms with Gasteiger partial charge in [-0.25, -0.2) is 0 Å². The van der Waals surface area contributed by atoms with E-state index in [0.29, 0.717) is 12.6 Å². The summed E-state index contributed by atoms with van der Waals surface area (Å²) < 4.78 is 5.68. The van der Waals surface area contributed by atoms with Crippen LogP contribution in [0.5, 0.6) is 0 Å². The molecule has 0 saturated carbocycles. The second-order valence-electron chi connectivity index (χ2n) is 5.85. The van der Waals surface area contributed by atoms with Gasteiger partial charge >= 0.3 is 0 Å². The Morgan fingerprint density at radius 2 is 1.96 bits per heavy atom.